The van der Waals surface area contributed by atoms with Gasteiger partial charge in [0.2, 0.25) is 15.9 Å². The van der Waals surface area contributed by atoms with Gasteiger partial charge >= 0.3 is 0 Å². The first-order valence-electron chi connectivity index (χ1n) is 9.44. The number of ether oxygens (including phenoxy) is 1. The minimum Gasteiger partial charge on any atom is -0.496 e. The minimum absolute atomic E-state index is 0.152. The third kappa shape index (κ3) is 4.74. The predicted octanol–water partition coefficient (Wildman–Crippen LogP) is 4.00. The van der Waals surface area contributed by atoms with Gasteiger partial charge in [0, 0.05) is 23.8 Å². The summed E-state index contributed by atoms with van der Waals surface area (Å²) in [7, 11) is -2.14. The van der Waals surface area contributed by atoms with Crippen molar-refractivity contribution < 1.29 is 17.9 Å². The molecule has 0 saturated carbocycles. The molecule has 0 bridgehead atoms. The van der Waals surface area contributed by atoms with E-state index in [1.165, 1.54) is 4.31 Å². The zero-order chi connectivity index (χ0) is 21.2. The molecule has 1 aliphatic rings. The molecule has 2 aromatic carbocycles. The van der Waals surface area contributed by atoms with Crippen LogP contribution in [0, 0.1) is 19.8 Å². The van der Waals surface area contributed by atoms with Crippen molar-refractivity contribution in [1.29, 1.82) is 0 Å². The van der Waals surface area contributed by atoms with Crippen molar-refractivity contribution in [1.82, 2.24) is 4.31 Å². The molecule has 2 aromatic rings. The first kappa shape index (κ1) is 21.6. The maximum Gasteiger partial charge on any atom is 0.243 e. The van der Waals surface area contributed by atoms with Gasteiger partial charge in [-0.2, -0.15) is 4.31 Å². The van der Waals surface area contributed by atoms with Crippen LogP contribution in [-0.4, -0.2) is 38.8 Å². The average molecular weight is 437 g/mol. The Labute approximate surface area is 176 Å². The highest BCUT2D eigenvalue weighted by molar-refractivity contribution is 7.89. The summed E-state index contributed by atoms with van der Waals surface area (Å²) in [6, 6.07) is 10.1. The van der Waals surface area contributed by atoms with Gasteiger partial charge in [-0.25, -0.2) is 8.42 Å². The Morgan fingerprint density at radius 1 is 1.17 bits per heavy atom. The fourth-order valence-corrected chi connectivity index (χ4v) is 5.24. The number of hydrogen-bond donors (Lipinski definition) is 1. The molecule has 1 aliphatic heterocycles. The summed E-state index contributed by atoms with van der Waals surface area (Å²) < 4.78 is 32.8. The number of hydrogen-bond acceptors (Lipinski definition) is 4. The van der Waals surface area contributed by atoms with Crippen LogP contribution < -0.4 is 10.1 Å². The number of nitrogens with one attached hydrogen (secondary N) is 1. The molecule has 1 heterocycles. The van der Waals surface area contributed by atoms with E-state index in [4.69, 9.17) is 16.3 Å². The molecule has 0 unspecified atom stereocenters. The highest BCUT2D eigenvalue weighted by Crippen LogP contribution is 2.28. The number of aryl methyl sites for hydroxylation is 2. The Hall–Kier alpha value is -2.09. The van der Waals surface area contributed by atoms with Gasteiger partial charge in [-0.15, -0.1) is 0 Å². The van der Waals surface area contributed by atoms with Crippen LogP contribution in [0.1, 0.15) is 24.0 Å². The van der Waals surface area contributed by atoms with E-state index < -0.39 is 15.9 Å². The third-order valence-corrected chi connectivity index (χ3v) is 7.47. The van der Waals surface area contributed by atoms with Crippen LogP contribution >= 0.6 is 11.6 Å². The van der Waals surface area contributed by atoms with E-state index in [-0.39, 0.29) is 17.3 Å². The van der Waals surface area contributed by atoms with Crippen molar-refractivity contribution in [3.63, 3.8) is 0 Å². The summed E-state index contributed by atoms with van der Waals surface area (Å²) in [5.41, 5.74) is 2.28. The molecule has 0 aliphatic carbocycles. The molecule has 1 fully saturated rings. The van der Waals surface area contributed by atoms with Gasteiger partial charge in [-0.05, 0) is 68.1 Å². The second-order valence-corrected chi connectivity index (χ2v) is 9.63. The molecule has 1 N–H and O–H groups in total. The van der Waals surface area contributed by atoms with E-state index in [0.717, 1.165) is 11.1 Å². The first-order chi connectivity index (χ1) is 13.7. The van der Waals surface area contributed by atoms with Gasteiger partial charge in [0.15, 0.2) is 0 Å². The van der Waals surface area contributed by atoms with Crippen molar-refractivity contribution in [2.24, 2.45) is 5.92 Å². The van der Waals surface area contributed by atoms with E-state index in [0.29, 0.717) is 35.8 Å². The van der Waals surface area contributed by atoms with Crippen LogP contribution in [0.2, 0.25) is 5.02 Å². The lowest BCUT2D eigenvalue weighted by molar-refractivity contribution is -0.120. The minimum atomic E-state index is -3.68. The van der Waals surface area contributed by atoms with Crippen molar-refractivity contribution in [3.05, 3.63) is 52.5 Å². The molecule has 0 spiro atoms. The summed E-state index contributed by atoms with van der Waals surface area (Å²) in [6.07, 6.45) is 1.26. The molecule has 8 heteroatoms. The maximum absolute atomic E-state index is 13.1. The van der Waals surface area contributed by atoms with Crippen molar-refractivity contribution in [2.45, 2.75) is 31.6 Å². The number of sulfonamides is 1. The summed E-state index contributed by atoms with van der Waals surface area (Å²) in [5.74, 6) is 0.0188. The molecule has 1 saturated heterocycles. The number of carbonyl (C=O) groups excluding carboxylic acids is 1. The number of piperidine rings is 1. The molecule has 1 amide bonds. The number of anilines is 1. The van der Waals surface area contributed by atoms with E-state index in [2.05, 4.69) is 5.32 Å². The smallest absolute Gasteiger partial charge is 0.243 e. The van der Waals surface area contributed by atoms with Crippen molar-refractivity contribution in [2.75, 3.05) is 25.5 Å². The van der Waals surface area contributed by atoms with Crippen LogP contribution in [0.3, 0.4) is 0 Å². The maximum atomic E-state index is 13.1. The Balaban J connectivity index is 1.74. The Bertz CT molecular complexity index is 1020. The van der Waals surface area contributed by atoms with Crippen LogP contribution in [0.15, 0.2) is 41.3 Å². The fraction of sp³-hybridized carbons (Fsp3) is 0.381. The summed E-state index contributed by atoms with van der Waals surface area (Å²) >= 11 is 6.12. The second-order valence-electron chi connectivity index (χ2n) is 7.29. The van der Waals surface area contributed by atoms with Crippen LogP contribution in [0.5, 0.6) is 5.75 Å². The van der Waals surface area contributed by atoms with E-state index in [1.807, 2.05) is 13.0 Å². The van der Waals surface area contributed by atoms with Gasteiger partial charge in [-0.3, -0.25) is 4.79 Å². The highest BCUT2D eigenvalue weighted by atomic mass is 35.5. The number of carbonyl (C=O) groups is 1. The lowest BCUT2D eigenvalue weighted by Gasteiger charge is -2.31. The molecule has 3 rings (SSSR count). The largest absolute Gasteiger partial charge is 0.496 e. The number of rotatable bonds is 5. The molecule has 6 nitrogen and oxygen atoms in total. The quantitative estimate of drug-likeness (QED) is 0.768. The lowest BCUT2D eigenvalue weighted by Crippen LogP contribution is -2.43. The normalized spacial score (nSPS) is 17.7. The fourth-order valence-electron chi connectivity index (χ4n) is 3.45. The number of benzene rings is 2. The zero-order valence-electron chi connectivity index (χ0n) is 16.7. The van der Waals surface area contributed by atoms with Gasteiger partial charge in [0.1, 0.15) is 5.75 Å². The predicted molar refractivity (Wildman–Crippen MR) is 114 cm³/mol. The first-order valence-corrected chi connectivity index (χ1v) is 11.3. The molecule has 156 valence electrons. The molecule has 1 atom stereocenters. The van der Waals surface area contributed by atoms with E-state index >= 15 is 0 Å². The molecule has 0 aromatic heterocycles. The summed E-state index contributed by atoms with van der Waals surface area (Å²) in [5, 5.41) is 3.43. The van der Waals surface area contributed by atoms with Crippen molar-refractivity contribution in [3.8, 4) is 5.75 Å². The Kier molecular flexibility index (Phi) is 6.51. The number of amides is 1. The van der Waals surface area contributed by atoms with E-state index in [1.54, 1.807) is 44.4 Å². The van der Waals surface area contributed by atoms with Gasteiger partial charge < -0.3 is 10.1 Å². The second kappa shape index (κ2) is 8.73. The van der Waals surface area contributed by atoms with Crippen LogP contribution in [0.4, 0.5) is 5.69 Å². The van der Waals surface area contributed by atoms with Gasteiger partial charge in [0.25, 0.3) is 0 Å². The molecule has 0 radical (unpaired) electrons. The SMILES string of the molecule is COc1ccc(S(=O)(=O)N2CCC[C@H](C(=O)Nc3ccc(C)c(Cl)c3)C2)cc1C. The zero-order valence-corrected chi connectivity index (χ0v) is 18.3. The van der Waals surface area contributed by atoms with Gasteiger partial charge in [0.05, 0.1) is 17.9 Å². The summed E-state index contributed by atoms with van der Waals surface area (Å²) in [6.45, 7) is 4.24. The van der Waals surface area contributed by atoms with Crippen molar-refractivity contribution >= 4 is 33.2 Å². The number of halogens is 1. The van der Waals surface area contributed by atoms with Crippen LogP contribution in [0.25, 0.3) is 0 Å². The average Bonchev–Trinajstić information content (AvgIpc) is 2.70. The molecular formula is C21H25ClN2O4S. The standard InChI is InChI=1S/C21H25ClN2O4S/c1-14-6-7-17(12-19(14)22)23-21(25)16-5-4-10-24(13-16)29(26,27)18-8-9-20(28-3)15(2)11-18/h6-9,11-12,16H,4-5,10,13H2,1-3H3,(H,23,25)/t16-/m0/s1. The number of nitrogens with zero attached hydrogens (tertiary/aromatic N) is 1. The highest BCUT2D eigenvalue weighted by Gasteiger charge is 2.33. The van der Waals surface area contributed by atoms with Gasteiger partial charge in [-0.1, -0.05) is 17.7 Å². The monoisotopic (exact) mass is 436 g/mol. The Morgan fingerprint density at radius 3 is 2.59 bits per heavy atom. The van der Waals surface area contributed by atoms with Crippen LogP contribution in [-0.2, 0) is 14.8 Å². The van der Waals surface area contributed by atoms with E-state index in [9.17, 15) is 13.2 Å². The summed E-state index contributed by atoms with van der Waals surface area (Å²) in [4.78, 5) is 12.9. The third-order valence-electron chi connectivity index (χ3n) is 5.20. The lowest BCUT2D eigenvalue weighted by atomic mass is 9.98. The topological polar surface area (TPSA) is 75.7 Å². The Morgan fingerprint density at radius 2 is 1.93 bits per heavy atom. The molecule has 29 heavy (non-hydrogen) atoms. The molecular weight excluding hydrogens is 412 g/mol. The number of methoxy groups -OCH3 is 1.